The molecule has 1 amide bonds. The molecule has 1 saturated carbocycles. The summed E-state index contributed by atoms with van der Waals surface area (Å²) in [4.78, 5) is 24.5. The quantitative estimate of drug-likeness (QED) is 0.816. The van der Waals surface area contributed by atoms with Gasteiger partial charge in [0.05, 0.1) is 6.10 Å². The molecule has 160 valence electrons. The molecule has 1 aromatic heterocycles. The number of aromatic nitrogens is 1. The van der Waals surface area contributed by atoms with Gasteiger partial charge < -0.3 is 14.9 Å². The van der Waals surface area contributed by atoms with E-state index < -0.39 is 0 Å². The Hall–Kier alpha value is -1.80. The molecule has 1 aliphatic carbocycles. The number of rotatable bonds is 3. The fraction of sp³-hybridized carbons (Fsp3) is 0.565. The maximum atomic E-state index is 13.1. The smallest absolute Gasteiger partial charge is 0.273 e. The van der Waals surface area contributed by atoms with Crippen LogP contribution < -0.4 is 0 Å². The molecular weight excluding hydrogens is 396 g/mol. The van der Waals surface area contributed by atoms with Crippen LogP contribution in [0.4, 0.5) is 0 Å². The molecule has 0 spiro atoms. The third-order valence-electron chi connectivity index (χ3n) is 7.15. The van der Waals surface area contributed by atoms with E-state index in [2.05, 4.69) is 21.8 Å². The van der Waals surface area contributed by atoms with E-state index in [0.29, 0.717) is 17.5 Å². The van der Waals surface area contributed by atoms with Crippen molar-refractivity contribution in [3.63, 3.8) is 0 Å². The molecule has 2 aliphatic heterocycles. The molecule has 5 rings (SSSR count). The Kier molecular flexibility index (Phi) is 5.62. The average molecular weight is 427 g/mol. The largest absolute Gasteiger partial charge is 0.391 e. The zero-order chi connectivity index (χ0) is 20.7. The van der Waals surface area contributed by atoms with Crippen molar-refractivity contribution in [3.05, 3.63) is 41.4 Å². The number of hydrogen-bond acceptors (Lipinski definition) is 6. The highest BCUT2D eigenvalue weighted by Gasteiger charge is 2.45. The first-order valence-corrected chi connectivity index (χ1v) is 11.9. The minimum atomic E-state index is -0.284. The molecule has 0 radical (unpaired) electrons. The number of carbonyl (C=O) groups is 1. The molecule has 4 atom stereocenters. The minimum Gasteiger partial charge on any atom is -0.391 e. The Morgan fingerprint density at radius 2 is 1.77 bits per heavy atom. The molecule has 30 heavy (non-hydrogen) atoms. The molecule has 2 saturated heterocycles. The van der Waals surface area contributed by atoms with Gasteiger partial charge in [-0.2, -0.15) is 0 Å². The second kappa shape index (κ2) is 8.38. The van der Waals surface area contributed by atoms with Gasteiger partial charge in [0, 0.05) is 56.3 Å². The highest BCUT2D eigenvalue weighted by atomic mass is 32.1. The van der Waals surface area contributed by atoms with Gasteiger partial charge in [-0.25, -0.2) is 4.98 Å². The number of carbonyl (C=O) groups excluding carboxylic acids is 1. The van der Waals surface area contributed by atoms with Crippen LogP contribution in [0.2, 0.25) is 0 Å². The number of aliphatic hydroxyl groups excluding tert-OH is 1. The number of likely N-dealkylation sites (tertiary alicyclic amines) is 1. The summed E-state index contributed by atoms with van der Waals surface area (Å²) in [7, 11) is 2.16. The molecule has 3 aliphatic rings. The van der Waals surface area contributed by atoms with Crippen molar-refractivity contribution < 1.29 is 9.90 Å². The predicted octanol–water partition coefficient (Wildman–Crippen LogP) is 2.27. The first-order valence-electron chi connectivity index (χ1n) is 11.0. The van der Waals surface area contributed by atoms with Crippen LogP contribution in [-0.4, -0.2) is 89.2 Å². The topological polar surface area (TPSA) is 59.9 Å². The van der Waals surface area contributed by atoms with Gasteiger partial charge in [0.1, 0.15) is 10.7 Å². The van der Waals surface area contributed by atoms with Crippen LogP contribution in [0.25, 0.3) is 10.6 Å². The number of aliphatic hydroxyl groups is 1. The Morgan fingerprint density at radius 3 is 2.50 bits per heavy atom. The van der Waals surface area contributed by atoms with E-state index in [1.807, 2.05) is 40.6 Å². The lowest BCUT2D eigenvalue weighted by Gasteiger charge is -2.44. The van der Waals surface area contributed by atoms with Crippen molar-refractivity contribution in [2.75, 3.05) is 46.3 Å². The maximum absolute atomic E-state index is 13.1. The van der Waals surface area contributed by atoms with Gasteiger partial charge in [0.15, 0.2) is 0 Å². The fourth-order valence-corrected chi connectivity index (χ4v) is 6.17. The van der Waals surface area contributed by atoms with Crippen LogP contribution in [0.1, 0.15) is 23.3 Å². The van der Waals surface area contributed by atoms with Crippen molar-refractivity contribution in [2.45, 2.75) is 25.0 Å². The third kappa shape index (κ3) is 3.91. The summed E-state index contributed by atoms with van der Waals surface area (Å²) in [6.07, 6.45) is 1.51. The number of benzene rings is 1. The molecule has 7 heteroatoms. The van der Waals surface area contributed by atoms with E-state index in [4.69, 9.17) is 0 Å². The summed E-state index contributed by atoms with van der Waals surface area (Å²) >= 11 is 1.53. The van der Waals surface area contributed by atoms with Crippen molar-refractivity contribution in [1.29, 1.82) is 0 Å². The van der Waals surface area contributed by atoms with Gasteiger partial charge >= 0.3 is 0 Å². The Morgan fingerprint density at radius 1 is 1.07 bits per heavy atom. The maximum Gasteiger partial charge on any atom is 0.273 e. The lowest BCUT2D eigenvalue weighted by molar-refractivity contribution is -0.0249. The lowest BCUT2D eigenvalue weighted by atomic mass is 9.77. The lowest BCUT2D eigenvalue weighted by Crippen LogP contribution is -2.55. The number of nitrogens with zero attached hydrogens (tertiary/aromatic N) is 4. The molecule has 6 nitrogen and oxygen atoms in total. The van der Waals surface area contributed by atoms with E-state index in [-0.39, 0.29) is 18.1 Å². The van der Waals surface area contributed by atoms with Gasteiger partial charge in [-0.1, -0.05) is 30.3 Å². The van der Waals surface area contributed by atoms with E-state index >= 15 is 0 Å². The Balaban J connectivity index is 1.24. The Labute approximate surface area is 182 Å². The standard InChI is InChI=1S/C23H30N4O2S/c1-25-7-9-26(10-8-25)20-11-17-13-27(14-18(17)12-21(20)28)23(29)19-15-30-22(24-19)16-5-3-2-4-6-16/h2-6,15,17-18,20-21,28H,7-14H2,1H3/t17-,18+,20-,21-/m1/s1. The van der Waals surface area contributed by atoms with Gasteiger partial charge in [-0.05, 0) is 31.7 Å². The number of hydrogen-bond donors (Lipinski definition) is 1. The van der Waals surface area contributed by atoms with E-state index in [9.17, 15) is 9.90 Å². The number of thiazole rings is 1. The fourth-order valence-electron chi connectivity index (χ4n) is 5.37. The third-order valence-corrected chi connectivity index (χ3v) is 8.04. The van der Waals surface area contributed by atoms with Crippen LogP contribution in [0.15, 0.2) is 35.7 Å². The van der Waals surface area contributed by atoms with Crippen LogP contribution >= 0.6 is 11.3 Å². The summed E-state index contributed by atoms with van der Waals surface area (Å²) < 4.78 is 0. The summed E-state index contributed by atoms with van der Waals surface area (Å²) in [5.41, 5.74) is 1.60. The van der Waals surface area contributed by atoms with Crippen molar-refractivity contribution >= 4 is 17.2 Å². The minimum absolute atomic E-state index is 0.0356. The number of amides is 1. The second-order valence-corrected chi connectivity index (χ2v) is 9.94. The van der Waals surface area contributed by atoms with Crippen LogP contribution in [0.3, 0.4) is 0 Å². The number of piperazine rings is 1. The molecule has 0 unspecified atom stereocenters. The van der Waals surface area contributed by atoms with Gasteiger partial charge in [-0.3, -0.25) is 9.69 Å². The SMILES string of the molecule is CN1CCN([C@@H]2C[C@@H]3CN(C(=O)c4csc(-c5ccccc5)n4)C[C@@H]3C[C@H]2O)CC1. The zero-order valence-corrected chi connectivity index (χ0v) is 18.3. The normalized spacial score (nSPS) is 30.4. The van der Waals surface area contributed by atoms with E-state index in [0.717, 1.165) is 62.7 Å². The number of fused-ring (bicyclic) bond motifs is 1. The van der Waals surface area contributed by atoms with Crippen LogP contribution in [0, 0.1) is 11.8 Å². The Bertz CT molecular complexity index is 880. The molecule has 1 aromatic carbocycles. The van der Waals surface area contributed by atoms with Crippen molar-refractivity contribution in [2.24, 2.45) is 11.8 Å². The molecule has 0 bridgehead atoms. The summed E-state index contributed by atoms with van der Waals surface area (Å²) in [6, 6.07) is 10.3. The van der Waals surface area contributed by atoms with Gasteiger partial charge in [0.2, 0.25) is 0 Å². The van der Waals surface area contributed by atoms with Gasteiger partial charge in [-0.15, -0.1) is 11.3 Å². The first kappa shape index (κ1) is 20.1. The van der Waals surface area contributed by atoms with Gasteiger partial charge in [0.25, 0.3) is 5.91 Å². The highest BCUT2D eigenvalue weighted by molar-refractivity contribution is 7.13. The molecule has 1 N–H and O–H groups in total. The van der Waals surface area contributed by atoms with E-state index in [1.54, 1.807) is 0 Å². The number of likely N-dealkylation sites (N-methyl/N-ethyl adjacent to an activating group) is 1. The average Bonchev–Trinajstić information content (AvgIpc) is 3.41. The monoisotopic (exact) mass is 426 g/mol. The molecule has 3 heterocycles. The summed E-state index contributed by atoms with van der Waals surface area (Å²) in [5.74, 6) is 0.919. The first-order chi connectivity index (χ1) is 14.6. The second-order valence-electron chi connectivity index (χ2n) is 9.08. The van der Waals surface area contributed by atoms with Crippen LogP contribution in [0.5, 0.6) is 0 Å². The molecule has 2 aromatic rings. The predicted molar refractivity (Wildman–Crippen MR) is 119 cm³/mol. The molecular formula is C23H30N4O2S. The van der Waals surface area contributed by atoms with Crippen molar-refractivity contribution in [1.82, 2.24) is 19.7 Å². The summed E-state index contributed by atoms with van der Waals surface area (Å²) in [6.45, 7) is 5.72. The molecule has 3 fully saturated rings. The zero-order valence-electron chi connectivity index (χ0n) is 17.5. The van der Waals surface area contributed by atoms with Crippen molar-refractivity contribution in [3.8, 4) is 10.6 Å². The van der Waals surface area contributed by atoms with Crippen LogP contribution in [-0.2, 0) is 0 Å². The summed E-state index contributed by atoms with van der Waals surface area (Å²) in [5, 5.41) is 13.6. The van der Waals surface area contributed by atoms with E-state index in [1.165, 1.54) is 11.3 Å². The highest BCUT2D eigenvalue weighted by Crippen LogP contribution is 2.39.